The predicted octanol–water partition coefficient (Wildman–Crippen LogP) is -0.283. The van der Waals surface area contributed by atoms with Crippen LogP contribution in [0, 0.1) is 0 Å². The number of carbonyl (C=O) groups is 1. The fraction of sp³-hybridized carbons (Fsp3) is 0.857. The summed E-state index contributed by atoms with van der Waals surface area (Å²) in [7, 11) is 1.37. The molecule has 2 fully saturated rings. The van der Waals surface area contributed by atoms with Gasteiger partial charge in [0.25, 0.3) is 0 Å². The molecule has 2 heterocycles. The van der Waals surface area contributed by atoms with Gasteiger partial charge in [-0.15, -0.1) is 0 Å². The third kappa shape index (κ3) is 0.937. The van der Waals surface area contributed by atoms with E-state index < -0.39 is 0 Å². The smallest absolute Gasteiger partial charge is 0.338 e. The Morgan fingerprint density at radius 3 is 3.09 bits per heavy atom. The normalized spacial score (nSPS) is 41.0. The molecule has 2 aliphatic rings. The molecule has 4 heteroatoms. The van der Waals surface area contributed by atoms with E-state index in [1.807, 2.05) is 0 Å². The van der Waals surface area contributed by atoms with Crippen molar-refractivity contribution in [1.29, 1.82) is 0 Å². The zero-order valence-corrected chi connectivity index (χ0v) is 6.33. The molecule has 0 aromatic carbocycles. The standard InChI is InChI=1S/C7H10O4/c1-9-6(8)5-7(11-5)2-3-10-4-7/h5H,2-4H2,1H3/t5-,7-/m0/s1. The van der Waals surface area contributed by atoms with E-state index in [0.717, 1.165) is 6.42 Å². The molecule has 0 aromatic rings. The highest BCUT2D eigenvalue weighted by molar-refractivity contribution is 5.79. The molecule has 0 N–H and O–H groups in total. The Bertz CT molecular complexity index is 183. The van der Waals surface area contributed by atoms with E-state index in [2.05, 4.69) is 4.74 Å². The average Bonchev–Trinajstić information content (AvgIpc) is 2.48. The quantitative estimate of drug-likeness (QED) is 0.389. The van der Waals surface area contributed by atoms with Gasteiger partial charge in [-0.25, -0.2) is 4.79 Å². The van der Waals surface area contributed by atoms with Crippen molar-refractivity contribution in [2.75, 3.05) is 20.3 Å². The first-order valence-electron chi connectivity index (χ1n) is 3.62. The van der Waals surface area contributed by atoms with Gasteiger partial charge in [0.1, 0.15) is 5.60 Å². The topological polar surface area (TPSA) is 48.1 Å². The van der Waals surface area contributed by atoms with Crippen molar-refractivity contribution in [3.8, 4) is 0 Å². The summed E-state index contributed by atoms with van der Waals surface area (Å²) in [5.41, 5.74) is -0.312. The number of hydrogen-bond donors (Lipinski definition) is 0. The van der Waals surface area contributed by atoms with Crippen LogP contribution in [0.3, 0.4) is 0 Å². The fourth-order valence-corrected chi connectivity index (χ4v) is 1.43. The van der Waals surface area contributed by atoms with E-state index in [1.165, 1.54) is 7.11 Å². The minimum absolute atomic E-state index is 0.282. The molecule has 0 unspecified atom stereocenters. The summed E-state index contributed by atoms with van der Waals surface area (Å²) in [5.74, 6) is -0.282. The molecule has 11 heavy (non-hydrogen) atoms. The number of ether oxygens (including phenoxy) is 3. The lowest BCUT2D eigenvalue weighted by atomic mass is 10.1. The highest BCUT2D eigenvalue weighted by Crippen LogP contribution is 2.43. The second-order valence-electron chi connectivity index (χ2n) is 2.89. The molecule has 1 spiro atoms. The van der Waals surface area contributed by atoms with Gasteiger partial charge in [-0.1, -0.05) is 0 Å². The van der Waals surface area contributed by atoms with Crippen LogP contribution in [0.25, 0.3) is 0 Å². The van der Waals surface area contributed by atoms with E-state index in [0.29, 0.717) is 13.2 Å². The molecule has 0 amide bonds. The summed E-state index contributed by atoms with van der Waals surface area (Å²) < 4.78 is 14.9. The Balaban J connectivity index is 1.97. The molecule has 2 atom stereocenters. The maximum atomic E-state index is 10.9. The van der Waals surface area contributed by atoms with Crippen LogP contribution in [0.5, 0.6) is 0 Å². The van der Waals surface area contributed by atoms with Crippen LogP contribution < -0.4 is 0 Å². The number of rotatable bonds is 1. The Hall–Kier alpha value is -0.610. The van der Waals surface area contributed by atoms with Crippen molar-refractivity contribution in [2.24, 2.45) is 0 Å². The molecule has 2 saturated heterocycles. The summed E-state index contributed by atoms with van der Waals surface area (Å²) in [5, 5.41) is 0. The lowest BCUT2D eigenvalue weighted by molar-refractivity contribution is -0.142. The van der Waals surface area contributed by atoms with Crippen LogP contribution >= 0.6 is 0 Å². The van der Waals surface area contributed by atoms with Crippen LogP contribution in [-0.2, 0) is 19.0 Å². The van der Waals surface area contributed by atoms with Crippen molar-refractivity contribution >= 4 is 5.97 Å². The zero-order valence-electron chi connectivity index (χ0n) is 6.33. The van der Waals surface area contributed by atoms with Crippen LogP contribution in [0.1, 0.15) is 6.42 Å². The van der Waals surface area contributed by atoms with Crippen LogP contribution in [0.15, 0.2) is 0 Å². The maximum absolute atomic E-state index is 10.9. The SMILES string of the molecule is COC(=O)[C@@H]1O[C@]12CCOC2. The van der Waals surface area contributed by atoms with Crippen LogP contribution in [-0.4, -0.2) is 38.0 Å². The van der Waals surface area contributed by atoms with Gasteiger partial charge in [-0.3, -0.25) is 0 Å². The lowest BCUT2D eigenvalue weighted by Crippen LogP contribution is -2.21. The summed E-state index contributed by atoms with van der Waals surface area (Å²) in [6, 6.07) is 0. The van der Waals surface area contributed by atoms with E-state index in [-0.39, 0.29) is 17.7 Å². The number of carbonyl (C=O) groups excluding carboxylic acids is 1. The highest BCUT2D eigenvalue weighted by Gasteiger charge is 2.63. The number of epoxide rings is 1. The second-order valence-corrected chi connectivity index (χ2v) is 2.89. The summed E-state index contributed by atoms with van der Waals surface area (Å²) in [4.78, 5) is 10.9. The summed E-state index contributed by atoms with van der Waals surface area (Å²) >= 11 is 0. The molecule has 0 bridgehead atoms. The highest BCUT2D eigenvalue weighted by atomic mass is 16.7. The first kappa shape index (κ1) is 7.06. The number of esters is 1. The first-order chi connectivity index (χ1) is 5.28. The van der Waals surface area contributed by atoms with Crippen molar-refractivity contribution in [3.63, 3.8) is 0 Å². The van der Waals surface area contributed by atoms with E-state index in [1.54, 1.807) is 0 Å². The van der Waals surface area contributed by atoms with Crippen molar-refractivity contribution in [1.82, 2.24) is 0 Å². The van der Waals surface area contributed by atoms with Gasteiger partial charge in [0.2, 0.25) is 0 Å². The average molecular weight is 158 g/mol. The Kier molecular flexibility index (Phi) is 1.40. The van der Waals surface area contributed by atoms with Gasteiger partial charge in [0, 0.05) is 13.0 Å². The largest absolute Gasteiger partial charge is 0.467 e. The first-order valence-corrected chi connectivity index (χ1v) is 3.62. The monoisotopic (exact) mass is 158 g/mol. The summed E-state index contributed by atoms with van der Waals surface area (Å²) in [6.07, 6.45) is 0.447. The maximum Gasteiger partial charge on any atom is 0.338 e. The molecule has 0 saturated carbocycles. The third-order valence-corrected chi connectivity index (χ3v) is 2.20. The Morgan fingerprint density at radius 1 is 1.73 bits per heavy atom. The Morgan fingerprint density at radius 2 is 2.55 bits per heavy atom. The van der Waals surface area contributed by atoms with Gasteiger partial charge >= 0.3 is 5.97 Å². The van der Waals surface area contributed by atoms with Crippen molar-refractivity contribution < 1.29 is 19.0 Å². The van der Waals surface area contributed by atoms with Gasteiger partial charge in [0.15, 0.2) is 6.10 Å². The molecule has 0 aromatic heterocycles. The number of hydrogen-bond acceptors (Lipinski definition) is 4. The van der Waals surface area contributed by atoms with Gasteiger partial charge in [0.05, 0.1) is 13.7 Å². The lowest BCUT2D eigenvalue weighted by Gasteiger charge is -1.97. The molecule has 4 nitrogen and oxygen atoms in total. The van der Waals surface area contributed by atoms with E-state index in [4.69, 9.17) is 9.47 Å². The van der Waals surface area contributed by atoms with E-state index >= 15 is 0 Å². The molecule has 2 rings (SSSR count). The van der Waals surface area contributed by atoms with Gasteiger partial charge in [-0.2, -0.15) is 0 Å². The van der Waals surface area contributed by atoms with Crippen molar-refractivity contribution in [3.05, 3.63) is 0 Å². The molecule has 2 aliphatic heterocycles. The van der Waals surface area contributed by atoms with Crippen LogP contribution in [0.2, 0.25) is 0 Å². The van der Waals surface area contributed by atoms with Gasteiger partial charge in [-0.05, 0) is 0 Å². The molecular formula is C7H10O4. The van der Waals surface area contributed by atoms with E-state index in [9.17, 15) is 4.79 Å². The molecular weight excluding hydrogens is 148 g/mol. The molecule has 0 aliphatic carbocycles. The summed E-state index contributed by atoms with van der Waals surface area (Å²) in [6.45, 7) is 1.22. The number of methoxy groups -OCH3 is 1. The minimum Gasteiger partial charge on any atom is -0.467 e. The molecule has 62 valence electrons. The second kappa shape index (κ2) is 2.19. The van der Waals surface area contributed by atoms with Gasteiger partial charge < -0.3 is 14.2 Å². The third-order valence-electron chi connectivity index (χ3n) is 2.20. The fourth-order valence-electron chi connectivity index (χ4n) is 1.43. The minimum atomic E-state index is -0.366. The van der Waals surface area contributed by atoms with Crippen molar-refractivity contribution in [2.45, 2.75) is 18.1 Å². The molecule has 0 radical (unpaired) electrons. The predicted molar refractivity (Wildman–Crippen MR) is 35.1 cm³/mol. The van der Waals surface area contributed by atoms with Crippen LogP contribution in [0.4, 0.5) is 0 Å². The zero-order chi connectivity index (χ0) is 7.90. The Labute approximate surface area is 64.4 Å².